The molecule has 0 aliphatic heterocycles. The molecule has 1 aromatic heterocycles. The molecule has 18 heavy (non-hydrogen) atoms. The number of rotatable bonds is 3. The summed E-state index contributed by atoms with van der Waals surface area (Å²) in [4.78, 5) is 0. The first-order chi connectivity index (χ1) is 8.52. The van der Waals surface area contributed by atoms with Crippen LogP contribution < -0.4 is 5.73 Å². The van der Waals surface area contributed by atoms with Crippen LogP contribution in [0.1, 0.15) is 30.6 Å². The molecular weight excluding hydrogens is 238 g/mol. The second kappa shape index (κ2) is 4.81. The summed E-state index contributed by atoms with van der Waals surface area (Å²) in [5, 5.41) is 7.62. The number of hydrogen-bond acceptors (Lipinski definition) is 3. The Morgan fingerprint density at radius 3 is 2.72 bits per heavy atom. The van der Waals surface area contributed by atoms with Crippen LogP contribution in [0, 0.1) is 18.6 Å². The molecule has 6 heteroatoms. The molecule has 96 valence electrons. The Bertz CT molecular complexity index is 565. The van der Waals surface area contributed by atoms with Crippen molar-refractivity contribution in [2.45, 2.75) is 26.3 Å². The van der Waals surface area contributed by atoms with Crippen molar-refractivity contribution in [2.24, 2.45) is 5.73 Å². The molecule has 4 nitrogen and oxygen atoms in total. The Morgan fingerprint density at radius 1 is 1.33 bits per heavy atom. The zero-order valence-electron chi connectivity index (χ0n) is 10.2. The van der Waals surface area contributed by atoms with Gasteiger partial charge in [-0.15, -0.1) is 5.10 Å². The van der Waals surface area contributed by atoms with Crippen molar-refractivity contribution in [3.8, 4) is 5.69 Å². The van der Waals surface area contributed by atoms with Crippen LogP contribution in [0.5, 0.6) is 0 Å². The fourth-order valence-corrected chi connectivity index (χ4v) is 1.58. The highest BCUT2D eigenvalue weighted by molar-refractivity contribution is 5.36. The molecule has 0 amide bonds. The fourth-order valence-electron chi connectivity index (χ4n) is 1.58. The van der Waals surface area contributed by atoms with E-state index in [1.54, 1.807) is 0 Å². The van der Waals surface area contributed by atoms with Gasteiger partial charge in [0.05, 0.1) is 17.9 Å². The van der Waals surface area contributed by atoms with E-state index in [0.717, 1.165) is 12.1 Å². The van der Waals surface area contributed by atoms with E-state index in [9.17, 15) is 8.78 Å². The van der Waals surface area contributed by atoms with Gasteiger partial charge < -0.3 is 5.73 Å². The van der Waals surface area contributed by atoms with Crippen LogP contribution in [0.2, 0.25) is 0 Å². The van der Waals surface area contributed by atoms with Gasteiger partial charge in [0.1, 0.15) is 17.3 Å². The van der Waals surface area contributed by atoms with Crippen molar-refractivity contribution < 1.29 is 8.78 Å². The maximum Gasteiger partial charge on any atom is 0.149 e. The molecule has 0 bridgehead atoms. The molecule has 2 rings (SSSR count). The zero-order chi connectivity index (χ0) is 13.3. The van der Waals surface area contributed by atoms with E-state index >= 15 is 0 Å². The van der Waals surface area contributed by atoms with Gasteiger partial charge >= 0.3 is 0 Å². The number of aryl methyl sites for hydroxylation is 1. The van der Waals surface area contributed by atoms with Crippen LogP contribution in [-0.4, -0.2) is 15.0 Å². The summed E-state index contributed by atoms with van der Waals surface area (Å²) in [5.41, 5.74) is 6.63. The van der Waals surface area contributed by atoms with Gasteiger partial charge in [-0.3, -0.25) is 0 Å². The third kappa shape index (κ3) is 2.24. The lowest BCUT2D eigenvalue weighted by atomic mass is 10.2. The smallest absolute Gasteiger partial charge is 0.149 e. The summed E-state index contributed by atoms with van der Waals surface area (Å²) >= 11 is 0. The van der Waals surface area contributed by atoms with E-state index < -0.39 is 11.6 Å². The summed E-state index contributed by atoms with van der Waals surface area (Å²) in [5.74, 6) is -1.03. The van der Waals surface area contributed by atoms with Crippen molar-refractivity contribution in [3.63, 3.8) is 0 Å². The Kier molecular flexibility index (Phi) is 3.38. The number of benzene rings is 1. The predicted octanol–water partition coefficient (Wildman–Crippen LogP) is 2.26. The Morgan fingerprint density at radius 2 is 2.06 bits per heavy atom. The molecule has 1 aromatic carbocycles. The summed E-state index contributed by atoms with van der Waals surface area (Å²) in [7, 11) is 0. The Labute approximate surface area is 103 Å². The fraction of sp³-hybridized carbons (Fsp3) is 0.333. The van der Waals surface area contributed by atoms with Crippen molar-refractivity contribution >= 4 is 0 Å². The maximum absolute atomic E-state index is 13.7. The monoisotopic (exact) mass is 252 g/mol. The van der Waals surface area contributed by atoms with Crippen molar-refractivity contribution in [1.29, 1.82) is 0 Å². The lowest BCUT2D eigenvalue weighted by Crippen LogP contribution is -2.08. The normalized spacial score (nSPS) is 12.7. The van der Waals surface area contributed by atoms with Gasteiger partial charge in [-0.2, -0.15) is 0 Å². The number of nitrogens with two attached hydrogens (primary N) is 1. The summed E-state index contributed by atoms with van der Waals surface area (Å²) < 4.78 is 28.3. The molecule has 2 aromatic rings. The standard InChI is InChI=1S/C12H14F2N4/c1-3-10(15)11-6-18(17-16-11)12-5-8(13)7(2)4-9(12)14/h4-6,10H,3,15H2,1-2H3. The minimum Gasteiger partial charge on any atom is -0.323 e. The van der Waals surface area contributed by atoms with Gasteiger partial charge in [0.25, 0.3) is 0 Å². The average Bonchev–Trinajstić information content (AvgIpc) is 2.82. The second-order valence-corrected chi connectivity index (χ2v) is 4.16. The summed E-state index contributed by atoms with van der Waals surface area (Å²) in [6, 6.07) is 1.98. The molecule has 1 atom stereocenters. The molecule has 0 saturated heterocycles. The van der Waals surface area contributed by atoms with Crippen LogP contribution >= 0.6 is 0 Å². The quantitative estimate of drug-likeness (QED) is 0.911. The lowest BCUT2D eigenvalue weighted by molar-refractivity contribution is 0.578. The Hall–Kier alpha value is -1.82. The summed E-state index contributed by atoms with van der Waals surface area (Å²) in [6.45, 7) is 3.41. The van der Waals surface area contributed by atoms with Crippen LogP contribution in [0.25, 0.3) is 5.69 Å². The average molecular weight is 252 g/mol. The van der Waals surface area contributed by atoms with Crippen LogP contribution in [0.15, 0.2) is 18.3 Å². The molecule has 1 heterocycles. The van der Waals surface area contributed by atoms with Crippen LogP contribution in [0.4, 0.5) is 8.78 Å². The molecule has 0 spiro atoms. The SMILES string of the molecule is CCC(N)c1cn(-c2cc(F)c(C)cc2F)nn1. The third-order valence-corrected chi connectivity index (χ3v) is 2.81. The van der Waals surface area contributed by atoms with E-state index in [2.05, 4.69) is 10.3 Å². The van der Waals surface area contributed by atoms with Crippen molar-refractivity contribution in [2.75, 3.05) is 0 Å². The van der Waals surface area contributed by atoms with Gasteiger partial charge in [-0.1, -0.05) is 12.1 Å². The van der Waals surface area contributed by atoms with E-state index in [0.29, 0.717) is 12.1 Å². The molecule has 0 saturated carbocycles. The second-order valence-electron chi connectivity index (χ2n) is 4.16. The zero-order valence-corrected chi connectivity index (χ0v) is 10.2. The maximum atomic E-state index is 13.7. The van der Waals surface area contributed by atoms with Gasteiger partial charge in [0.2, 0.25) is 0 Å². The van der Waals surface area contributed by atoms with Gasteiger partial charge in [-0.25, -0.2) is 13.5 Å². The number of hydrogen-bond donors (Lipinski definition) is 1. The largest absolute Gasteiger partial charge is 0.323 e. The predicted molar refractivity (Wildman–Crippen MR) is 63.2 cm³/mol. The van der Waals surface area contributed by atoms with Crippen molar-refractivity contribution in [1.82, 2.24) is 15.0 Å². The molecule has 2 N–H and O–H groups in total. The van der Waals surface area contributed by atoms with Gasteiger partial charge in [-0.05, 0) is 25.0 Å². The third-order valence-electron chi connectivity index (χ3n) is 2.81. The van der Waals surface area contributed by atoms with Gasteiger partial charge in [0.15, 0.2) is 0 Å². The summed E-state index contributed by atoms with van der Waals surface area (Å²) in [6.07, 6.45) is 2.21. The first-order valence-corrected chi connectivity index (χ1v) is 5.66. The van der Waals surface area contributed by atoms with E-state index in [4.69, 9.17) is 5.73 Å². The topological polar surface area (TPSA) is 56.7 Å². The Balaban J connectivity index is 2.43. The van der Waals surface area contributed by atoms with E-state index in [1.165, 1.54) is 17.8 Å². The molecule has 1 unspecified atom stereocenters. The highest BCUT2D eigenvalue weighted by Gasteiger charge is 2.13. The number of halogens is 2. The van der Waals surface area contributed by atoms with E-state index in [1.807, 2.05) is 6.92 Å². The van der Waals surface area contributed by atoms with Crippen molar-refractivity contribution in [3.05, 3.63) is 41.2 Å². The molecule has 0 aliphatic rings. The van der Waals surface area contributed by atoms with E-state index in [-0.39, 0.29) is 17.3 Å². The first-order valence-electron chi connectivity index (χ1n) is 5.66. The minimum absolute atomic E-state index is 0.0279. The molecular formula is C12H14F2N4. The molecule has 0 radical (unpaired) electrons. The molecule has 0 fully saturated rings. The first kappa shape index (κ1) is 12.6. The lowest BCUT2D eigenvalue weighted by Gasteiger charge is -2.05. The number of nitrogens with zero attached hydrogens (tertiary/aromatic N) is 3. The minimum atomic E-state index is -0.546. The van der Waals surface area contributed by atoms with Crippen LogP contribution in [-0.2, 0) is 0 Å². The number of aromatic nitrogens is 3. The van der Waals surface area contributed by atoms with Crippen LogP contribution in [0.3, 0.4) is 0 Å². The highest BCUT2D eigenvalue weighted by atomic mass is 19.1. The van der Waals surface area contributed by atoms with Gasteiger partial charge in [0, 0.05) is 6.07 Å². The highest BCUT2D eigenvalue weighted by Crippen LogP contribution is 2.19. The molecule has 0 aliphatic carbocycles.